The monoisotopic (exact) mass is 981 g/mol. The van der Waals surface area contributed by atoms with Crippen molar-refractivity contribution in [2.75, 3.05) is 13.2 Å². The molecule has 70 heavy (non-hydrogen) atoms. The zero-order valence-corrected chi connectivity index (χ0v) is 46.8. The van der Waals surface area contributed by atoms with Crippen LogP contribution in [0.1, 0.15) is 323 Å². The molecular formula is C64H116O6. The molecule has 0 heterocycles. The molecule has 0 fully saturated rings. The molecule has 1 atom stereocenters. The Morgan fingerprint density at radius 3 is 0.886 bits per heavy atom. The molecule has 6 heteroatoms. The lowest BCUT2D eigenvalue weighted by molar-refractivity contribution is -0.167. The molecule has 0 saturated carbocycles. The minimum absolute atomic E-state index is 0.0729. The molecule has 0 radical (unpaired) electrons. The van der Waals surface area contributed by atoms with Gasteiger partial charge >= 0.3 is 17.9 Å². The normalized spacial score (nSPS) is 12.3. The fourth-order valence-electron chi connectivity index (χ4n) is 8.98. The highest BCUT2D eigenvalue weighted by Gasteiger charge is 2.19. The van der Waals surface area contributed by atoms with Crippen LogP contribution in [0.2, 0.25) is 0 Å². The number of hydrogen-bond acceptors (Lipinski definition) is 6. The average Bonchev–Trinajstić information content (AvgIpc) is 3.36. The Morgan fingerprint density at radius 1 is 0.300 bits per heavy atom. The van der Waals surface area contributed by atoms with Crippen LogP contribution in [0.15, 0.2) is 48.6 Å². The van der Waals surface area contributed by atoms with E-state index in [1.807, 2.05) is 0 Å². The van der Waals surface area contributed by atoms with Crippen molar-refractivity contribution in [3.8, 4) is 0 Å². The van der Waals surface area contributed by atoms with E-state index in [2.05, 4.69) is 69.4 Å². The number of esters is 3. The van der Waals surface area contributed by atoms with Crippen LogP contribution in [0.3, 0.4) is 0 Å². The van der Waals surface area contributed by atoms with Gasteiger partial charge < -0.3 is 14.2 Å². The Morgan fingerprint density at radius 2 is 0.557 bits per heavy atom. The van der Waals surface area contributed by atoms with Crippen LogP contribution >= 0.6 is 0 Å². The quantitative estimate of drug-likeness (QED) is 0.0261. The van der Waals surface area contributed by atoms with Crippen molar-refractivity contribution in [3.63, 3.8) is 0 Å². The van der Waals surface area contributed by atoms with Crippen molar-refractivity contribution in [2.24, 2.45) is 0 Å². The molecule has 0 rings (SSSR count). The van der Waals surface area contributed by atoms with Gasteiger partial charge in [0.25, 0.3) is 0 Å². The summed E-state index contributed by atoms with van der Waals surface area (Å²) < 4.78 is 16.9. The van der Waals surface area contributed by atoms with Gasteiger partial charge in [-0.25, -0.2) is 0 Å². The molecule has 0 spiro atoms. The van der Waals surface area contributed by atoms with Crippen LogP contribution < -0.4 is 0 Å². The molecule has 0 bridgehead atoms. The maximum Gasteiger partial charge on any atom is 0.306 e. The van der Waals surface area contributed by atoms with Gasteiger partial charge in [-0.15, -0.1) is 0 Å². The van der Waals surface area contributed by atoms with E-state index in [9.17, 15) is 14.4 Å². The summed E-state index contributed by atoms with van der Waals surface area (Å²) in [7, 11) is 0. The summed E-state index contributed by atoms with van der Waals surface area (Å²) >= 11 is 0. The number of carbonyl (C=O) groups excluding carboxylic acids is 3. The number of carbonyl (C=O) groups is 3. The summed E-state index contributed by atoms with van der Waals surface area (Å²) in [6, 6.07) is 0. The second-order valence-corrected chi connectivity index (χ2v) is 20.6. The van der Waals surface area contributed by atoms with Gasteiger partial charge in [-0.05, 0) is 77.0 Å². The van der Waals surface area contributed by atoms with Gasteiger partial charge in [0.05, 0.1) is 0 Å². The van der Waals surface area contributed by atoms with E-state index in [0.29, 0.717) is 19.3 Å². The maximum absolute atomic E-state index is 12.9. The third-order valence-corrected chi connectivity index (χ3v) is 13.6. The summed E-state index contributed by atoms with van der Waals surface area (Å²) in [5.41, 5.74) is 0. The summed E-state index contributed by atoms with van der Waals surface area (Å²) in [4.78, 5) is 38.2. The molecule has 408 valence electrons. The first kappa shape index (κ1) is 67.4. The summed E-state index contributed by atoms with van der Waals surface area (Å²) in [6.07, 6.45) is 72.5. The Bertz CT molecular complexity index is 1220. The van der Waals surface area contributed by atoms with Gasteiger partial charge in [0.15, 0.2) is 6.10 Å². The zero-order valence-electron chi connectivity index (χ0n) is 46.8. The molecule has 0 saturated heterocycles. The topological polar surface area (TPSA) is 78.9 Å². The lowest BCUT2D eigenvalue weighted by Crippen LogP contribution is -2.30. The van der Waals surface area contributed by atoms with E-state index in [1.165, 1.54) is 205 Å². The van der Waals surface area contributed by atoms with E-state index in [1.54, 1.807) is 0 Å². The average molecular weight is 982 g/mol. The predicted molar refractivity (Wildman–Crippen MR) is 302 cm³/mol. The molecule has 0 aliphatic carbocycles. The lowest BCUT2D eigenvalue weighted by atomic mass is 10.0. The van der Waals surface area contributed by atoms with Crippen molar-refractivity contribution in [3.05, 3.63) is 48.6 Å². The molecule has 0 N–H and O–H groups in total. The van der Waals surface area contributed by atoms with Gasteiger partial charge in [0, 0.05) is 19.3 Å². The van der Waals surface area contributed by atoms with E-state index < -0.39 is 6.10 Å². The molecule has 1 unspecified atom stereocenters. The second kappa shape index (κ2) is 58.9. The summed E-state index contributed by atoms with van der Waals surface area (Å²) in [5, 5.41) is 0. The first-order valence-corrected chi connectivity index (χ1v) is 30.6. The first-order chi connectivity index (χ1) is 34.5. The summed E-state index contributed by atoms with van der Waals surface area (Å²) in [6.45, 7) is 6.57. The Kier molecular flexibility index (Phi) is 56.7. The third kappa shape index (κ3) is 56.3. The molecule has 0 aromatic rings. The molecule has 0 aromatic heterocycles. The fourth-order valence-corrected chi connectivity index (χ4v) is 8.98. The Hall–Kier alpha value is -2.63. The SMILES string of the molecule is CC/C=C\C/C=C\C/C=C\CCCCCCCCCCCC(=O)OCC(COC(=O)CCCCCCCCCCCCCCCC)OC(=O)CCCCCCCCC/C=C\CCCCCCCCCC. The molecule has 0 aliphatic rings. The molecular weight excluding hydrogens is 865 g/mol. The molecule has 0 aliphatic heterocycles. The highest BCUT2D eigenvalue weighted by atomic mass is 16.6. The minimum Gasteiger partial charge on any atom is -0.462 e. The highest BCUT2D eigenvalue weighted by Crippen LogP contribution is 2.17. The molecule has 0 amide bonds. The van der Waals surface area contributed by atoms with Crippen LogP contribution in [0, 0.1) is 0 Å². The third-order valence-electron chi connectivity index (χ3n) is 13.6. The van der Waals surface area contributed by atoms with Gasteiger partial charge in [-0.1, -0.05) is 275 Å². The number of unbranched alkanes of at least 4 members (excludes halogenated alkanes) is 37. The number of hydrogen-bond donors (Lipinski definition) is 0. The van der Waals surface area contributed by atoms with Crippen molar-refractivity contribution in [1.82, 2.24) is 0 Å². The standard InChI is InChI=1S/C64H116O6/c1-4-7-10-13-16-19-22-25-28-30-32-34-36-39-42-45-48-51-54-57-63(66)69-60-61(59-68-62(65)56-53-50-47-44-41-38-27-24-21-18-15-12-9-6-3)70-64(67)58-55-52-49-46-43-40-37-35-33-31-29-26-23-20-17-14-11-8-5-2/h7,10,16,19,25,28,31,33,61H,4-6,8-9,11-15,17-18,20-24,26-27,29-30,32,34-60H2,1-3H3/b10-7-,19-16-,28-25-,33-31-. The summed E-state index contributed by atoms with van der Waals surface area (Å²) in [5.74, 6) is -0.864. The second-order valence-electron chi connectivity index (χ2n) is 20.6. The van der Waals surface area contributed by atoms with Gasteiger partial charge in [-0.3, -0.25) is 14.4 Å². The van der Waals surface area contributed by atoms with Crippen LogP contribution in [-0.2, 0) is 28.6 Å². The smallest absolute Gasteiger partial charge is 0.306 e. The lowest BCUT2D eigenvalue weighted by Gasteiger charge is -2.18. The molecule has 0 aromatic carbocycles. The fraction of sp³-hybridized carbons (Fsp3) is 0.828. The van der Waals surface area contributed by atoms with E-state index in [0.717, 1.165) is 77.0 Å². The highest BCUT2D eigenvalue weighted by molar-refractivity contribution is 5.71. The maximum atomic E-state index is 12.9. The van der Waals surface area contributed by atoms with E-state index in [4.69, 9.17) is 14.2 Å². The zero-order chi connectivity index (χ0) is 50.7. The minimum atomic E-state index is -0.776. The van der Waals surface area contributed by atoms with Crippen LogP contribution in [0.4, 0.5) is 0 Å². The Balaban J connectivity index is 4.34. The van der Waals surface area contributed by atoms with E-state index >= 15 is 0 Å². The van der Waals surface area contributed by atoms with Crippen LogP contribution in [0.25, 0.3) is 0 Å². The van der Waals surface area contributed by atoms with Gasteiger partial charge in [0.1, 0.15) is 13.2 Å². The Labute approximate surface area is 435 Å². The van der Waals surface area contributed by atoms with Gasteiger partial charge in [0.2, 0.25) is 0 Å². The predicted octanol–water partition coefficient (Wildman–Crippen LogP) is 20.6. The number of rotatable bonds is 56. The number of ether oxygens (including phenoxy) is 3. The van der Waals surface area contributed by atoms with Crippen molar-refractivity contribution in [1.29, 1.82) is 0 Å². The van der Waals surface area contributed by atoms with Gasteiger partial charge in [-0.2, -0.15) is 0 Å². The number of allylic oxidation sites excluding steroid dienone is 8. The van der Waals surface area contributed by atoms with E-state index in [-0.39, 0.29) is 31.1 Å². The first-order valence-electron chi connectivity index (χ1n) is 30.6. The van der Waals surface area contributed by atoms with Crippen molar-refractivity contribution in [2.45, 2.75) is 329 Å². The molecule has 6 nitrogen and oxygen atoms in total. The largest absolute Gasteiger partial charge is 0.462 e. The van der Waals surface area contributed by atoms with Crippen molar-refractivity contribution < 1.29 is 28.6 Å². The van der Waals surface area contributed by atoms with Crippen molar-refractivity contribution >= 4 is 17.9 Å². The van der Waals surface area contributed by atoms with Crippen LogP contribution in [0.5, 0.6) is 0 Å². The van der Waals surface area contributed by atoms with Crippen LogP contribution in [-0.4, -0.2) is 37.2 Å².